The van der Waals surface area contributed by atoms with Crippen LogP contribution in [0.3, 0.4) is 0 Å². The van der Waals surface area contributed by atoms with Crippen LogP contribution in [-0.4, -0.2) is 34.7 Å². The molecule has 0 fully saturated rings. The van der Waals surface area contributed by atoms with Crippen molar-refractivity contribution in [2.24, 2.45) is 0 Å². The molecule has 4 aromatic rings. The van der Waals surface area contributed by atoms with Gasteiger partial charge in [0, 0.05) is 11.2 Å². The number of halogens is 1. The molecule has 164 valence electrons. The smallest absolute Gasteiger partial charge is 0.339 e. The molecular formula is C21H16ClN3O5S2. The Morgan fingerprint density at radius 3 is 2.38 bits per heavy atom. The number of benzene rings is 2. The van der Waals surface area contributed by atoms with E-state index in [0.717, 1.165) is 11.5 Å². The molecule has 0 spiro atoms. The van der Waals surface area contributed by atoms with Gasteiger partial charge in [0.05, 0.1) is 21.7 Å². The van der Waals surface area contributed by atoms with Gasteiger partial charge in [-0.3, -0.25) is 0 Å². The van der Waals surface area contributed by atoms with Gasteiger partial charge < -0.3 is 15.2 Å². The minimum absolute atomic E-state index is 0.0656. The number of carboxylic acids is 1. The van der Waals surface area contributed by atoms with Gasteiger partial charge in [-0.1, -0.05) is 11.6 Å². The highest BCUT2D eigenvalue weighted by molar-refractivity contribution is 7.91. The first-order valence-electron chi connectivity index (χ1n) is 9.23. The SMILES string of the molecule is Cc1nsc2ncc(C(=O)O)c(NCS(=O)(=O)c3ccc(Oc4ccc(Cl)cc4)cc3)c12. The topological polar surface area (TPSA) is 118 Å². The summed E-state index contributed by atoms with van der Waals surface area (Å²) in [6.07, 6.45) is 1.19. The number of hydrogen-bond acceptors (Lipinski definition) is 8. The van der Waals surface area contributed by atoms with Crippen LogP contribution in [0.25, 0.3) is 10.2 Å². The average Bonchev–Trinajstić information content (AvgIpc) is 3.15. The van der Waals surface area contributed by atoms with Crippen molar-refractivity contribution in [1.29, 1.82) is 0 Å². The van der Waals surface area contributed by atoms with E-state index in [1.165, 1.54) is 18.3 Å². The van der Waals surface area contributed by atoms with Gasteiger partial charge in [0.15, 0.2) is 9.84 Å². The fourth-order valence-electron chi connectivity index (χ4n) is 3.01. The number of aryl methyl sites for hydroxylation is 1. The first kappa shape index (κ1) is 22.0. The first-order valence-corrected chi connectivity index (χ1v) is 12.0. The van der Waals surface area contributed by atoms with E-state index >= 15 is 0 Å². The summed E-state index contributed by atoms with van der Waals surface area (Å²) in [5.41, 5.74) is 0.631. The van der Waals surface area contributed by atoms with E-state index < -0.39 is 21.7 Å². The molecule has 0 radical (unpaired) electrons. The standard InChI is InChI=1S/C21H16ClN3O5S2/c1-12-18-19(17(21(26)27)10-23-20(18)31-25-12)24-11-32(28,29)16-8-6-15(7-9-16)30-14-4-2-13(22)3-5-14/h2-10H,11H2,1H3,(H,23,24)(H,26,27). The maximum absolute atomic E-state index is 12.9. The van der Waals surface area contributed by atoms with E-state index in [9.17, 15) is 18.3 Å². The molecule has 0 bridgehead atoms. The molecule has 0 aliphatic rings. The quantitative estimate of drug-likeness (QED) is 0.373. The Bertz CT molecular complexity index is 1400. The summed E-state index contributed by atoms with van der Waals surface area (Å²) in [7, 11) is -3.78. The lowest BCUT2D eigenvalue weighted by atomic mass is 10.1. The number of carbonyl (C=O) groups is 1. The van der Waals surface area contributed by atoms with Crippen LogP contribution in [-0.2, 0) is 9.84 Å². The van der Waals surface area contributed by atoms with E-state index in [1.807, 2.05) is 0 Å². The zero-order valence-corrected chi connectivity index (χ0v) is 19.0. The molecule has 8 nitrogen and oxygen atoms in total. The number of ether oxygens (including phenoxy) is 1. The highest BCUT2D eigenvalue weighted by atomic mass is 35.5. The maximum atomic E-state index is 12.9. The minimum atomic E-state index is -3.78. The summed E-state index contributed by atoms with van der Waals surface area (Å²) in [5.74, 6) is -0.690. The van der Waals surface area contributed by atoms with Crippen LogP contribution in [0.2, 0.25) is 5.02 Å². The molecule has 2 aromatic carbocycles. The summed E-state index contributed by atoms with van der Waals surface area (Å²) in [4.78, 5) is 16.3. The normalized spacial score (nSPS) is 11.4. The van der Waals surface area contributed by atoms with Crippen LogP contribution in [0.4, 0.5) is 5.69 Å². The number of rotatable bonds is 7. The molecule has 0 amide bonds. The molecule has 0 saturated heterocycles. The fourth-order valence-corrected chi connectivity index (χ4v) is 4.94. The highest BCUT2D eigenvalue weighted by Gasteiger charge is 2.21. The lowest BCUT2D eigenvalue weighted by molar-refractivity contribution is 0.0697. The van der Waals surface area contributed by atoms with Crippen molar-refractivity contribution in [2.45, 2.75) is 11.8 Å². The summed E-state index contributed by atoms with van der Waals surface area (Å²) < 4.78 is 35.6. The lowest BCUT2D eigenvalue weighted by Crippen LogP contribution is -2.17. The van der Waals surface area contributed by atoms with Crippen molar-refractivity contribution in [3.05, 3.63) is 71.0 Å². The average molecular weight is 490 g/mol. The Morgan fingerprint density at radius 1 is 1.12 bits per heavy atom. The van der Waals surface area contributed by atoms with Crippen LogP contribution in [0.1, 0.15) is 16.1 Å². The van der Waals surface area contributed by atoms with E-state index in [1.54, 1.807) is 43.3 Å². The molecule has 11 heteroatoms. The van der Waals surface area contributed by atoms with Crippen LogP contribution in [0.15, 0.2) is 59.6 Å². The monoisotopic (exact) mass is 489 g/mol. The number of aromatic carboxylic acids is 1. The number of sulfone groups is 1. The molecule has 2 N–H and O–H groups in total. The fraction of sp³-hybridized carbons (Fsp3) is 0.0952. The lowest BCUT2D eigenvalue weighted by Gasteiger charge is -2.12. The number of carboxylic acid groups (broad SMARTS) is 1. The molecule has 0 aliphatic carbocycles. The molecule has 0 unspecified atom stereocenters. The number of nitrogens with one attached hydrogen (secondary N) is 1. The van der Waals surface area contributed by atoms with Gasteiger partial charge in [-0.25, -0.2) is 18.2 Å². The number of aromatic nitrogens is 2. The number of hydrogen-bond donors (Lipinski definition) is 2. The van der Waals surface area contributed by atoms with Gasteiger partial charge in [0.25, 0.3) is 0 Å². The van der Waals surface area contributed by atoms with Crippen molar-refractivity contribution in [3.63, 3.8) is 0 Å². The summed E-state index contributed by atoms with van der Waals surface area (Å²) >= 11 is 6.97. The second-order valence-electron chi connectivity index (χ2n) is 6.76. The van der Waals surface area contributed by atoms with Crippen molar-refractivity contribution < 1.29 is 23.1 Å². The maximum Gasteiger partial charge on any atom is 0.339 e. The van der Waals surface area contributed by atoms with Gasteiger partial charge in [0.1, 0.15) is 27.8 Å². The summed E-state index contributed by atoms with van der Waals surface area (Å²) in [6.45, 7) is 1.71. The zero-order chi connectivity index (χ0) is 22.9. The molecule has 4 rings (SSSR count). The molecular weight excluding hydrogens is 474 g/mol. The molecule has 2 heterocycles. The van der Waals surface area contributed by atoms with Gasteiger partial charge >= 0.3 is 5.97 Å². The Labute approximate surface area is 192 Å². The predicted octanol–water partition coefficient (Wildman–Crippen LogP) is 4.99. The van der Waals surface area contributed by atoms with Crippen LogP contribution < -0.4 is 10.1 Å². The van der Waals surface area contributed by atoms with E-state index in [4.69, 9.17) is 16.3 Å². The second kappa shape index (κ2) is 8.73. The van der Waals surface area contributed by atoms with Crippen molar-refractivity contribution in [2.75, 3.05) is 11.2 Å². The third kappa shape index (κ3) is 4.52. The zero-order valence-electron chi connectivity index (χ0n) is 16.6. The third-order valence-corrected chi connectivity index (χ3v) is 7.19. The minimum Gasteiger partial charge on any atom is -0.478 e. The van der Waals surface area contributed by atoms with Crippen LogP contribution in [0, 0.1) is 6.92 Å². The Kier molecular flexibility index (Phi) is 6.00. The van der Waals surface area contributed by atoms with E-state index in [-0.39, 0.29) is 16.1 Å². The van der Waals surface area contributed by atoms with Crippen molar-refractivity contribution >= 4 is 54.8 Å². The van der Waals surface area contributed by atoms with Crippen molar-refractivity contribution in [3.8, 4) is 11.5 Å². The predicted molar refractivity (Wildman–Crippen MR) is 123 cm³/mol. The molecule has 0 saturated carbocycles. The van der Waals surface area contributed by atoms with Gasteiger partial charge in [-0.05, 0) is 67.0 Å². The number of anilines is 1. The van der Waals surface area contributed by atoms with E-state index in [2.05, 4.69) is 14.7 Å². The Balaban J connectivity index is 1.55. The molecule has 0 aliphatic heterocycles. The molecule has 32 heavy (non-hydrogen) atoms. The highest BCUT2D eigenvalue weighted by Crippen LogP contribution is 2.32. The summed E-state index contributed by atoms with van der Waals surface area (Å²) in [5, 5.41) is 13.4. The van der Waals surface area contributed by atoms with E-state index in [0.29, 0.717) is 32.4 Å². The largest absolute Gasteiger partial charge is 0.478 e. The number of fused-ring (bicyclic) bond motifs is 1. The van der Waals surface area contributed by atoms with Crippen LogP contribution >= 0.6 is 23.1 Å². The Hall–Kier alpha value is -3.21. The van der Waals surface area contributed by atoms with Gasteiger partial charge in [-0.15, -0.1) is 0 Å². The van der Waals surface area contributed by atoms with Gasteiger partial charge in [-0.2, -0.15) is 4.37 Å². The number of nitrogens with zero attached hydrogens (tertiary/aromatic N) is 2. The Morgan fingerprint density at radius 2 is 1.75 bits per heavy atom. The van der Waals surface area contributed by atoms with Gasteiger partial charge in [0.2, 0.25) is 0 Å². The van der Waals surface area contributed by atoms with Crippen LogP contribution in [0.5, 0.6) is 11.5 Å². The first-order chi connectivity index (χ1) is 15.2. The third-order valence-electron chi connectivity index (χ3n) is 4.58. The van der Waals surface area contributed by atoms with Crippen molar-refractivity contribution in [1.82, 2.24) is 9.36 Å². The summed E-state index contributed by atoms with van der Waals surface area (Å²) in [6, 6.07) is 12.7. The number of pyridine rings is 1. The second-order valence-corrected chi connectivity index (χ2v) is 9.94. The molecule has 0 atom stereocenters. The molecule has 2 aromatic heterocycles.